The summed E-state index contributed by atoms with van der Waals surface area (Å²) >= 11 is 0. The predicted octanol–water partition coefficient (Wildman–Crippen LogP) is 1.18. The lowest BCUT2D eigenvalue weighted by Crippen LogP contribution is -2.14. The molecule has 0 aliphatic carbocycles. The number of rotatable bonds is 3. The van der Waals surface area contributed by atoms with Crippen LogP contribution in [0.3, 0.4) is 0 Å². The number of hydrogen-bond donors (Lipinski definition) is 2. The van der Waals surface area contributed by atoms with Crippen molar-refractivity contribution in [1.82, 2.24) is 30.6 Å². The highest BCUT2D eigenvalue weighted by Gasteiger charge is 2.32. The van der Waals surface area contributed by atoms with Crippen molar-refractivity contribution in [3.8, 4) is 0 Å². The molecule has 0 spiro atoms. The maximum atomic E-state index is 12.4. The van der Waals surface area contributed by atoms with E-state index < -0.39 is 17.9 Å². The van der Waals surface area contributed by atoms with Crippen LogP contribution in [-0.2, 0) is 6.18 Å². The molecular formula is C8H8F3N7. The van der Waals surface area contributed by atoms with E-state index in [0.29, 0.717) is 5.82 Å². The molecule has 10 heteroatoms. The van der Waals surface area contributed by atoms with Crippen LogP contribution in [0.15, 0.2) is 12.3 Å². The number of nitrogens with one attached hydrogen (secondary N) is 2. The molecule has 2 heterocycles. The summed E-state index contributed by atoms with van der Waals surface area (Å²) in [6, 6.07) is 0.330. The first-order chi connectivity index (χ1) is 8.47. The Hall–Kier alpha value is -2.26. The summed E-state index contributed by atoms with van der Waals surface area (Å²) in [4.78, 5) is 7.05. The molecule has 0 aromatic carbocycles. The summed E-state index contributed by atoms with van der Waals surface area (Å²) in [7, 11) is 0. The van der Waals surface area contributed by atoms with Crippen LogP contribution in [0.4, 0.5) is 19.1 Å². The summed E-state index contributed by atoms with van der Waals surface area (Å²) < 4.78 is 37.3. The third kappa shape index (κ3) is 2.70. The van der Waals surface area contributed by atoms with Crippen molar-refractivity contribution in [2.75, 3.05) is 5.32 Å². The number of nitrogens with zero attached hydrogens (tertiary/aromatic N) is 5. The second kappa shape index (κ2) is 4.55. The fourth-order valence-corrected chi connectivity index (χ4v) is 1.20. The second-order valence-electron chi connectivity index (χ2n) is 3.40. The standard InChI is InChI=1S/C8H8F3N7/c1-4(6-15-17-18-16-6)13-7-12-3-2-5(14-7)8(9,10)11/h2-4H,1H3,(H,12,13,14)(H,15,16,17,18). The number of anilines is 1. The average molecular weight is 259 g/mol. The van der Waals surface area contributed by atoms with Crippen LogP contribution >= 0.6 is 0 Å². The van der Waals surface area contributed by atoms with E-state index in [9.17, 15) is 13.2 Å². The van der Waals surface area contributed by atoms with Crippen molar-refractivity contribution in [2.24, 2.45) is 0 Å². The molecule has 7 nitrogen and oxygen atoms in total. The van der Waals surface area contributed by atoms with Gasteiger partial charge in [-0.3, -0.25) is 0 Å². The minimum absolute atomic E-state index is 0.151. The summed E-state index contributed by atoms with van der Waals surface area (Å²) in [6.07, 6.45) is -3.48. The molecule has 0 aliphatic rings. The number of alkyl halides is 3. The lowest BCUT2D eigenvalue weighted by molar-refractivity contribution is -0.141. The van der Waals surface area contributed by atoms with Gasteiger partial charge in [-0.2, -0.15) is 18.4 Å². The van der Waals surface area contributed by atoms with Gasteiger partial charge in [0, 0.05) is 6.20 Å². The Morgan fingerprint density at radius 1 is 1.39 bits per heavy atom. The van der Waals surface area contributed by atoms with Gasteiger partial charge in [0.2, 0.25) is 5.95 Å². The predicted molar refractivity (Wildman–Crippen MR) is 53.2 cm³/mol. The third-order valence-electron chi connectivity index (χ3n) is 2.04. The van der Waals surface area contributed by atoms with E-state index in [2.05, 4.69) is 35.9 Å². The van der Waals surface area contributed by atoms with E-state index in [1.165, 1.54) is 0 Å². The first kappa shape index (κ1) is 12.2. The number of aromatic nitrogens is 6. The van der Waals surface area contributed by atoms with Gasteiger partial charge < -0.3 is 5.32 Å². The Balaban J connectivity index is 2.15. The van der Waals surface area contributed by atoms with Crippen molar-refractivity contribution in [3.63, 3.8) is 0 Å². The first-order valence-electron chi connectivity index (χ1n) is 4.87. The number of H-pyrrole nitrogens is 1. The summed E-state index contributed by atoms with van der Waals surface area (Å²) in [5.41, 5.74) is -1.01. The smallest absolute Gasteiger partial charge is 0.344 e. The van der Waals surface area contributed by atoms with Crippen LogP contribution in [0, 0.1) is 0 Å². The molecule has 2 aromatic heterocycles. The molecule has 0 saturated carbocycles. The van der Waals surface area contributed by atoms with E-state index in [-0.39, 0.29) is 5.95 Å². The molecule has 1 atom stereocenters. The quantitative estimate of drug-likeness (QED) is 0.859. The molecule has 0 bridgehead atoms. The lowest BCUT2D eigenvalue weighted by Gasteiger charge is -2.11. The van der Waals surface area contributed by atoms with Gasteiger partial charge in [0.25, 0.3) is 0 Å². The second-order valence-corrected chi connectivity index (χ2v) is 3.40. The first-order valence-corrected chi connectivity index (χ1v) is 4.87. The molecule has 0 amide bonds. The zero-order valence-electron chi connectivity index (χ0n) is 9.10. The number of aromatic amines is 1. The van der Waals surface area contributed by atoms with Crippen LogP contribution in [0.1, 0.15) is 24.5 Å². The van der Waals surface area contributed by atoms with Gasteiger partial charge >= 0.3 is 6.18 Å². The molecule has 2 N–H and O–H groups in total. The highest BCUT2D eigenvalue weighted by atomic mass is 19.4. The molecule has 18 heavy (non-hydrogen) atoms. The van der Waals surface area contributed by atoms with Gasteiger partial charge in [0.05, 0.1) is 6.04 Å². The van der Waals surface area contributed by atoms with Crippen LogP contribution in [0.25, 0.3) is 0 Å². The van der Waals surface area contributed by atoms with Gasteiger partial charge in [-0.25, -0.2) is 9.97 Å². The van der Waals surface area contributed by atoms with Gasteiger partial charge in [0.15, 0.2) is 5.82 Å². The Bertz CT molecular complexity index is 510. The van der Waals surface area contributed by atoms with Gasteiger partial charge in [-0.15, -0.1) is 10.2 Å². The highest BCUT2D eigenvalue weighted by molar-refractivity contribution is 5.28. The largest absolute Gasteiger partial charge is 0.433 e. The lowest BCUT2D eigenvalue weighted by atomic mass is 10.3. The van der Waals surface area contributed by atoms with Crippen molar-refractivity contribution in [2.45, 2.75) is 19.1 Å². The van der Waals surface area contributed by atoms with Crippen LogP contribution in [0.5, 0.6) is 0 Å². The number of hydrogen-bond acceptors (Lipinski definition) is 6. The Labute approximate surface area is 98.8 Å². The molecule has 2 aromatic rings. The zero-order valence-corrected chi connectivity index (χ0v) is 9.10. The highest BCUT2D eigenvalue weighted by Crippen LogP contribution is 2.27. The monoisotopic (exact) mass is 259 g/mol. The Morgan fingerprint density at radius 3 is 2.78 bits per heavy atom. The molecule has 0 saturated heterocycles. The molecule has 1 unspecified atom stereocenters. The zero-order chi connectivity index (χ0) is 13.2. The normalized spacial score (nSPS) is 13.3. The van der Waals surface area contributed by atoms with Crippen molar-refractivity contribution in [3.05, 3.63) is 23.8 Å². The molecule has 0 fully saturated rings. The van der Waals surface area contributed by atoms with Crippen LogP contribution < -0.4 is 5.32 Å². The third-order valence-corrected chi connectivity index (χ3v) is 2.04. The summed E-state index contributed by atoms with van der Waals surface area (Å²) in [5.74, 6) is 0.151. The maximum Gasteiger partial charge on any atom is 0.433 e. The van der Waals surface area contributed by atoms with Crippen molar-refractivity contribution in [1.29, 1.82) is 0 Å². The number of tetrazole rings is 1. The molecule has 2 rings (SSSR count). The molecule has 0 aliphatic heterocycles. The summed E-state index contributed by atoms with van der Waals surface area (Å²) in [5, 5.41) is 15.6. The van der Waals surface area contributed by atoms with E-state index in [0.717, 1.165) is 12.3 Å². The Kier molecular flexibility index (Phi) is 3.08. The molecular weight excluding hydrogens is 251 g/mol. The van der Waals surface area contributed by atoms with E-state index >= 15 is 0 Å². The van der Waals surface area contributed by atoms with Gasteiger partial charge in [-0.05, 0) is 13.0 Å². The Morgan fingerprint density at radius 2 is 2.17 bits per heavy atom. The van der Waals surface area contributed by atoms with E-state index in [1.54, 1.807) is 6.92 Å². The minimum atomic E-state index is -4.51. The van der Waals surface area contributed by atoms with Crippen molar-refractivity contribution < 1.29 is 13.2 Å². The topological polar surface area (TPSA) is 92.3 Å². The SMILES string of the molecule is CC(Nc1nccc(C(F)(F)F)n1)c1nn[nH]n1. The minimum Gasteiger partial charge on any atom is -0.344 e. The average Bonchev–Trinajstić information content (AvgIpc) is 2.81. The van der Waals surface area contributed by atoms with Crippen LogP contribution in [-0.4, -0.2) is 30.6 Å². The fraction of sp³-hybridized carbons (Fsp3) is 0.375. The molecule has 0 radical (unpaired) electrons. The fourth-order valence-electron chi connectivity index (χ4n) is 1.20. The van der Waals surface area contributed by atoms with Gasteiger partial charge in [-0.1, -0.05) is 5.21 Å². The van der Waals surface area contributed by atoms with E-state index in [4.69, 9.17) is 0 Å². The number of halogens is 3. The van der Waals surface area contributed by atoms with Gasteiger partial charge in [0.1, 0.15) is 5.69 Å². The molecule has 96 valence electrons. The summed E-state index contributed by atoms with van der Waals surface area (Å²) in [6.45, 7) is 1.65. The van der Waals surface area contributed by atoms with E-state index in [1.807, 2.05) is 0 Å². The maximum absolute atomic E-state index is 12.4. The van der Waals surface area contributed by atoms with Crippen LogP contribution in [0.2, 0.25) is 0 Å². The van der Waals surface area contributed by atoms with Crippen molar-refractivity contribution >= 4 is 5.95 Å².